The van der Waals surface area contributed by atoms with E-state index in [0.29, 0.717) is 28.2 Å². The molecule has 1 aliphatic rings. The van der Waals surface area contributed by atoms with Crippen LogP contribution in [0.15, 0.2) is 61.4 Å². The maximum atomic E-state index is 14.1. The Morgan fingerprint density at radius 3 is 2.70 bits per heavy atom. The summed E-state index contributed by atoms with van der Waals surface area (Å²) in [6.07, 6.45) is 4.51. The van der Waals surface area contributed by atoms with Crippen molar-refractivity contribution < 1.29 is 13.2 Å². The van der Waals surface area contributed by atoms with Crippen LogP contribution >= 0.6 is 22.9 Å². The molecular formula is C29H32ClN5O3S2. The Morgan fingerprint density at radius 2 is 1.98 bits per heavy atom. The van der Waals surface area contributed by atoms with Crippen LogP contribution in [0, 0.1) is 5.92 Å². The number of nitrogen functional groups attached to an aromatic ring is 1. The molecule has 3 atom stereocenters. The van der Waals surface area contributed by atoms with Crippen LogP contribution < -0.4 is 5.73 Å². The number of rotatable bonds is 9. The summed E-state index contributed by atoms with van der Waals surface area (Å²) >= 11 is 7.56. The molecule has 1 fully saturated rings. The molecule has 40 heavy (non-hydrogen) atoms. The van der Waals surface area contributed by atoms with Gasteiger partial charge in [-0.2, -0.15) is 4.31 Å². The van der Waals surface area contributed by atoms with E-state index in [1.54, 1.807) is 6.07 Å². The quantitative estimate of drug-likeness (QED) is 0.202. The molecule has 3 unspecified atom stereocenters. The first-order chi connectivity index (χ1) is 19.1. The molecule has 3 heterocycles. The van der Waals surface area contributed by atoms with Gasteiger partial charge < -0.3 is 10.5 Å². The fourth-order valence-corrected chi connectivity index (χ4v) is 8.97. The number of piperazine rings is 1. The number of thiophene rings is 1. The third-order valence-electron chi connectivity index (χ3n) is 7.37. The van der Waals surface area contributed by atoms with Crippen molar-refractivity contribution in [3.8, 4) is 0 Å². The minimum Gasteiger partial charge on any atom is -0.383 e. The van der Waals surface area contributed by atoms with E-state index in [-0.39, 0.29) is 19.1 Å². The number of nitrogens with zero attached hydrogens (tertiary/aromatic N) is 4. The number of sulfonamides is 1. The second kappa shape index (κ2) is 11.5. The number of aldehydes is 1. The van der Waals surface area contributed by atoms with E-state index in [1.807, 2.05) is 36.4 Å². The minimum absolute atomic E-state index is 0.0736. The second-order valence-electron chi connectivity index (χ2n) is 10.6. The number of halogens is 1. The van der Waals surface area contributed by atoms with Gasteiger partial charge in [-0.3, -0.25) is 4.90 Å². The molecule has 5 rings (SSSR count). The molecule has 1 aliphatic heterocycles. The normalized spacial score (nSPS) is 19.8. The molecular weight excluding hydrogens is 566 g/mol. The van der Waals surface area contributed by atoms with E-state index in [1.165, 1.54) is 28.0 Å². The number of carbonyl (C=O) groups is 1. The van der Waals surface area contributed by atoms with Crippen LogP contribution in [0.2, 0.25) is 5.02 Å². The fourth-order valence-electron chi connectivity index (χ4n) is 5.47. The lowest BCUT2D eigenvalue weighted by molar-refractivity contribution is -0.116. The van der Waals surface area contributed by atoms with Gasteiger partial charge in [0.05, 0.1) is 11.6 Å². The lowest BCUT2D eigenvalue weighted by Crippen LogP contribution is -2.60. The summed E-state index contributed by atoms with van der Waals surface area (Å²) in [5.74, 6) is 0.714. The third-order valence-corrected chi connectivity index (χ3v) is 11.0. The molecule has 4 aromatic rings. The van der Waals surface area contributed by atoms with Gasteiger partial charge in [0.15, 0.2) is 0 Å². The second-order valence-corrected chi connectivity index (χ2v) is 14.2. The number of aromatic nitrogens is 2. The Balaban J connectivity index is 1.45. The van der Waals surface area contributed by atoms with E-state index < -0.39 is 21.3 Å². The van der Waals surface area contributed by atoms with Gasteiger partial charge in [0.25, 0.3) is 0 Å². The molecule has 0 bridgehead atoms. The highest BCUT2D eigenvalue weighted by molar-refractivity contribution is 7.89. The predicted octanol–water partition coefficient (Wildman–Crippen LogP) is 5.44. The van der Waals surface area contributed by atoms with Crippen molar-refractivity contribution in [3.63, 3.8) is 0 Å². The van der Waals surface area contributed by atoms with Crippen molar-refractivity contribution in [2.75, 3.05) is 18.8 Å². The molecule has 0 saturated carbocycles. The van der Waals surface area contributed by atoms with Crippen molar-refractivity contribution in [2.24, 2.45) is 5.92 Å². The van der Waals surface area contributed by atoms with Gasteiger partial charge in [0, 0.05) is 45.7 Å². The SMILES string of the molecule is C=CC(c1cc2ccc(Cl)cc2s1)S(=O)(=O)N1CC(C=O)N(Cc2ccc3c(N)ncnc3c2)C(CC(C)C)C1. The molecule has 210 valence electrons. The average Bonchev–Trinajstić information content (AvgIpc) is 3.31. The largest absolute Gasteiger partial charge is 0.383 e. The summed E-state index contributed by atoms with van der Waals surface area (Å²) < 4.78 is 30.5. The first-order valence-corrected chi connectivity index (χ1v) is 15.8. The molecule has 0 spiro atoms. The van der Waals surface area contributed by atoms with E-state index in [4.69, 9.17) is 17.3 Å². The van der Waals surface area contributed by atoms with Crippen molar-refractivity contribution in [1.29, 1.82) is 0 Å². The lowest BCUT2D eigenvalue weighted by atomic mass is 9.97. The molecule has 0 amide bonds. The maximum Gasteiger partial charge on any atom is 0.225 e. The Morgan fingerprint density at radius 1 is 1.18 bits per heavy atom. The van der Waals surface area contributed by atoms with Crippen LogP contribution in [0.4, 0.5) is 5.82 Å². The molecule has 11 heteroatoms. The standard InChI is InChI=1S/C29H32ClN5O3S2/c1-4-28(27-11-20-6-7-21(30)12-26(20)39-27)40(37,38)34-14-22(9-18(2)3)35(23(15-34)16-36)13-19-5-8-24-25(10-19)32-17-33-29(24)31/h4-8,10-12,16-18,22-23,28H,1,9,13-15H2,2-3H3,(H2,31,32,33). The Hall–Kier alpha value is -2.89. The number of benzene rings is 2. The van der Waals surface area contributed by atoms with E-state index >= 15 is 0 Å². The third kappa shape index (κ3) is 5.64. The van der Waals surface area contributed by atoms with Gasteiger partial charge >= 0.3 is 0 Å². The maximum absolute atomic E-state index is 14.1. The van der Waals surface area contributed by atoms with E-state index in [0.717, 1.165) is 39.3 Å². The van der Waals surface area contributed by atoms with Crippen molar-refractivity contribution >= 4 is 66.1 Å². The highest BCUT2D eigenvalue weighted by atomic mass is 35.5. The molecule has 2 N–H and O–H groups in total. The zero-order valence-electron chi connectivity index (χ0n) is 22.4. The Kier molecular flexibility index (Phi) is 8.26. The van der Waals surface area contributed by atoms with E-state index in [9.17, 15) is 13.2 Å². The zero-order valence-corrected chi connectivity index (χ0v) is 24.8. The van der Waals surface area contributed by atoms with Crippen LogP contribution in [0.1, 0.15) is 36.0 Å². The van der Waals surface area contributed by atoms with Gasteiger partial charge in [-0.15, -0.1) is 17.9 Å². The average molecular weight is 598 g/mol. The molecule has 0 radical (unpaired) electrons. The Labute approximate surface area is 243 Å². The van der Waals surface area contributed by atoms with Gasteiger partial charge in [0.2, 0.25) is 10.0 Å². The van der Waals surface area contributed by atoms with Crippen LogP contribution in [0.3, 0.4) is 0 Å². The summed E-state index contributed by atoms with van der Waals surface area (Å²) in [6, 6.07) is 12.4. The highest BCUT2D eigenvalue weighted by Gasteiger charge is 2.42. The number of nitrogens with two attached hydrogens (primary N) is 1. The van der Waals surface area contributed by atoms with E-state index in [2.05, 4.69) is 35.3 Å². The van der Waals surface area contributed by atoms with Crippen LogP contribution in [0.25, 0.3) is 21.0 Å². The van der Waals surface area contributed by atoms with Crippen molar-refractivity contribution in [2.45, 2.75) is 44.1 Å². The van der Waals surface area contributed by atoms with Gasteiger partial charge in [0.1, 0.15) is 23.7 Å². The predicted molar refractivity (Wildman–Crippen MR) is 163 cm³/mol. The summed E-state index contributed by atoms with van der Waals surface area (Å²) in [5, 5.41) is 1.38. The van der Waals surface area contributed by atoms with Crippen LogP contribution in [-0.2, 0) is 21.4 Å². The summed E-state index contributed by atoms with van der Waals surface area (Å²) in [5.41, 5.74) is 7.69. The number of anilines is 1. The van der Waals surface area contributed by atoms with Crippen molar-refractivity contribution in [1.82, 2.24) is 19.2 Å². The van der Waals surface area contributed by atoms with Crippen LogP contribution in [0.5, 0.6) is 0 Å². The first-order valence-electron chi connectivity index (χ1n) is 13.1. The molecule has 8 nitrogen and oxygen atoms in total. The molecule has 2 aromatic heterocycles. The number of fused-ring (bicyclic) bond motifs is 2. The summed E-state index contributed by atoms with van der Waals surface area (Å²) in [6.45, 7) is 8.92. The van der Waals surface area contributed by atoms with Gasteiger partial charge in [-0.25, -0.2) is 18.4 Å². The smallest absolute Gasteiger partial charge is 0.225 e. The number of hydrogen-bond acceptors (Lipinski definition) is 8. The lowest BCUT2D eigenvalue weighted by Gasteiger charge is -2.45. The van der Waals surface area contributed by atoms with Crippen LogP contribution in [-0.4, -0.2) is 59.1 Å². The summed E-state index contributed by atoms with van der Waals surface area (Å²) in [4.78, 5) is 23.6. The number of hydrogen-bond donors (Lipinski definition) is 1. The van der Waals surface area contributed by atoms with Gasteiger partial charge in [-0.05, 0) is 53.6 Å². The Bertz CT molecular complexity index is 1670. The zero-order chi connectivity index (χ0) is 28.6. The monoisotopic (exact) mass is 597 g/mol. The van der Waals surface area contributed by atoms with Gasteiger partial charge in [-0.1, -0.05) is 43.7 Å². The molecule has 2 aromatic carbocycles. The number of carbonyl (C=O) groups excluding carboxylic acids is 1. The molecule has 0 aliphatic carbocycles. The fraction of sp³-hybridized carbons (Fsp3) is 0.345. The minimum atomic E-state index is -3.85. The first kappa shape index (κ1) is 28.6. The highest BCUT2D eigenvalue weighted by Crippen LogP contribution is 2.38. The summed E-state index contributed by atoms with van der Waals surface area (Å²) in [7, 11) is -3.85. The molecule has 1 saturated heterocycles. The van der Waals surface area contributed by atoms with Crippen molar-refractivity contribution in [3.05, 3.63) is 76.9 Å². The topological polar surface area (TPSA) is 109 Å².